The molecule has 8 heteroatoms. The first-order valence-electron chi connectivity index (χ1n) is 37.3. The van der Waals surface area contributed by atoms with Crippen LogP contribution in [0.3, 0.4) is 0 Å². The molecule has 0 fully saturated rings. The van der Waals surface area contributed by atoms with Gasteiger partial charge in [0.05, 0.1) is 33.5 Å². The number of hydrogen-bond acceptors (Lipinski definition) is 7. The molecule has 0 saturated carbocycles. The van der Waals surface area contributed by atoms with Gasteiger partial charge in [-0.25, -0.2) is 19.9 Å². The highest BCUT2D eigenvalue weighted by atomic mass is 16.3. The van der Waals surface area contributed by atoms with Gasteiger partial charge in [-0.15, -0.1) is 0 Å². The zero-order valence-corrected chi connectivity index (χ0v) is 59.1. The van der Waals surface area contributed by atoms with E-state index < -0.39 is 0 Å². The molecule has 5 heterocycles. The van der Waals surface area contributed by atoms with Crippen LogP contribution in [0.1, 0.15) is 0 Å². The zero-order valence-electron chi connectivity index (χ0n) is 59.1. The summed E-state index contributed by atoms with van der Waals surface area (Å²) in [6.45, 7) is 0. The summed E-state index contributed by atoms with van der Waals surface area (Å²) in [6, 6.07) is 130. The molecule has 8 nitrogen and oxygen atoms in total. The van der Waals surface area contributed by atoms with E-state index in [2.05, 4.69) is 373 Å². The first kappa shape index (κ1) is 61.4. The van der Waals surface area contributed by atoms with E-state index in [1.807, 2.05) is 0 Å². The Morgan fingerprint density at radius 2 is 0.682 bits per heavy atom. The van der Waals surface area contributed by atoms with Crippen molar-refractivity contribution in [3.63, 3.8) is 0 Å². The number of para-hydroxylation sites is 3. The van der Waals surface area contributed by atoms with E-state index >= 15 is 0 Å². The molecular formula is C102H60N6O2. The molecule has 5 aromatic heterocycles. The van der Waals surface area contributed by atoms with Crippen LogP contribution in [0.2, 0.25) is 0 Å². The van der Waals surface area contributed by atoms with Crippen LogP contribution in [0.5, 0.6) is 0 Å². The minimum absolute atomic E-state index is 0.582. The predicted molar refractivity (Wildman–Crippen MR) is 456 cm³/mol. The van der Waals surface area contributed by atoms with Crippen LogP contribution in [0, 0.1) is 0 Å². The van der Waals surface area contributed by atoms with E-state index in [4.69, 9.17) is 28.8 Å². The molecule has 0 aliphatic rings. The molecule has 0 spiro atoms. The monoisotopic (exact) mass is 1400 g/mol. The SMILES string of the molecule is c1ccc(-c2cc(-c3nc(-n4c5ccc6ccccc6c5c5c6ccc(-c7cccc(-c8cc(-c9nc(-c%10ccc(N(c%11ccccc%11)c%11ccc%12ccccc%12c%11)cc%10)nc%10ccccc9%10)c9c(c8)oc8c%10ccccc%10ccc89)c7)cc6ccc54)nc4ccccc34)c3c(c2)oc2c4ccccc4ccc23)cc1. The fourth-order valence-electron chi connectivity index (χ4n) is 17.4. The Morgan fingerprint density at radius 1 is 0.236 bits per heavy atom. The Kier molecular flexibility index (Phi) is 13.6. The van der Waals surface area contributed by atoms with Gasteiger partial charge in [-0.05, 0) is 198 Å². The third-order valence-corrected chi connectivity index (χ3v) is 22.5. The first-order chi connectivity index (χ1) is 54.5. The van der Waals surface area contributed by atoms with E-state index in [1.165, 1.54) is 10.8 Å². The standard InChI is InChI=1S/C102H60N6O2/c1-3-20-61(21-4-1)72-57-86(94-84-51-42-65-25-11-14-33-80(65)100(84)109-91(94)59-72)98-82-35-16-18-37-88(82)104-102(106-98)108-89-52-44-63-23-9-12-31-77(63)95(89)96-78-49-43-70(55-71(78)45-53-90(96)108)67-27-19-28-68(54-67)73-58-85(93-83-50-41-64-24-10-13-32-79(64)99(83)110-92(93)60-73)97-81-34-15-17-36-87(81)103-101(105-97)66-39-46-75(47-40-66)107(74-29-5-2-6-30-74)76-48-38-62-22-7-8-26-69(62)56-76/h1-60H. The minimum atomic E-state index is 0.582. The zero-order chi connectivity index (χ0) is 72.1. The van der Waals surface area contributed by atoms with E-state index in [0.29, 0.717) is 11.8 Å². The van der Waals surface area contributed by atoms with E-state index in [0.717, 1.165) is 209 Å². The molecule has 0 saturated heterocycles. The molecule has 0 amide bonds. The number of benzene rings is 18. The van der Waals surface area contributed by atoms with Gasteiger partial charge in [-0.3, -0.25) is 4.57 Å². The summed E-state index contributed by atoms with van der Waals surface area (Å²) in [5.41, 5.74) is 21.0. The van der Waals surface area contributed by atoms with Gasteiger partial charge in [0.15, 0.2) is 5.82 Å². The van der Waals surface area contributed by atoms with Crippen molar-refractivity contribution in [2.75, 3.05) is 4.90 Å². The molecular weight excluding hydrogens is 1340 g/mol. The number of hydrogen-bond donors (Lipinski definition) is 0. The Morgan fingerprint density at radius 3 is 1.34 bits per heavy atom. The van der Waals surface area contributed by atoms with Crippen LogP contribution in [0.15, 0.2) is 373 Å². The topological polar surface area (TPSA) is 86.0 Å². The summed E-state index contributed by atoms with van der Waals surface area (Å²) < 4.78 is 16.5. The highest BCUT2D eigenvalue weighted by Crippen LogP contribution is 2.49. The van der Waals surface area contributed by atoms with Crippen molar-refractivity contribution >= 4 is 158 Å². The summed E-state index contributed by atoms with van der Waals surface area (Å²) in [5, 5.41) is 19.6. The highest BCUT2D eigenvalue weighted by Gasteiger charge is 2.27. The molecule has 110 heavy (non-hydrogen) atoms. The van der Waals surface area contributed by atoms with Crippen molar-refractivity contribution in [3.05, 3.63) is 364 Å². The number of fused-ring (bicyclic) bond motifs is 20. The lowest BCUT2D eigenvalue weighted by Crippen LogP contribution is -2.09. The first-order valence-corrected chi connectivity index (χ1v) is 37.3. The Labute approximate surface area is 629 Å². The second kappa shape index (κ2) is 24.3. The maximum atomic E-state index is 7.18. The van der Waals surface area contributed by atoms with Crippen molar-refractivity contribution in [2.45, 2.75) is 0 Å². The summed E-state index contributed by atoms with van der Waals surface area (Å²) >= 11 is 0. The van der Waals surface area contributed by atoms with Crippen LogP contribution in [0.25, 0.3) is 215 Å². The van der Waals surface area contributed by atoms with Gasteiger partial charge in [0, 0.05) is 87.6 Å². The Bertz CT molecular complexity index is 7790. The largest absolute Gasteiger partial charge is 0.455 e. The van der Waals surface area contributed by atoms with Gasteiger partial charge in [0.1, 0.15) is 22.3 Å². The molecule has 0 radical (unpaired) electrons. The van der Waals surface area contributed by atoms with Crippen LogP contribution in [-0.4, -0.2) is 24.5 Å². The van der Waals surface area contributed by atoms with Crippen molar-refractivity contribution in [2.24, 2.45) is 0 Å². The molecule has 0 atom stereocenters. The lowest BCUT2D eigenvalue weighted by atomic mass is 9.92. The molecule has 23 aromatic rings. The molecule has 0 unspecified atom stereocenters. The van der Waals surface area contributed by atoms with Crippen molar-refractivity contribution < 1.29 is 8.83 Å². The van der Waals surface area contributed by atoms with E-state index in [-0.39, 0.29) is 0 Å². The summed E-state index contributed by atoms with van der Waals surface area (Å²) in [7, 11) is 0. The van der Waals surface area contributed by atoms with E-state index in [1.54, 1.807) is 0 Å². The second-order valence-electron chi connectivity index (χ2n) is 28.7. The van der Waals surface area contributed by atoms with Gasteiger partial charge in [-0.1, -0.05) is 243 Å². The maximum Gasteiger partial charge on any atom is 0.235 e. The average molecular weight is 1400 g/mol. The number of anilines is 3. The van der Waals surface area contributed by atoms with Gasteiger partial charge >= 0.3 is 0 Å². The highest BCUT2D eigenvalue weighted by molar-refractivity contribution is 6.29. The summed E-state index contributed by atoms with van der Waals surface area (Å²) in [5.74, 6) is 1.21. The van der Waals surface area contributed by atoms with Gasteiger partial charge < -0.3 is 13.7 Å². The van der Waals surface area contributed by atoms with Crippen LogP contribution < -0.4 is 4.90 Å². The average Bonchev–Trinajstić information content (AvgIpc) is 1.57. The third kappa shape index (κ3) is 9.73. The van der Waals surface area contributed by atoms with Gasteiger partial charge in [-0.2, -0.15) is 0 Å². The quantitative estimate of drug-likeness (QED) is 0.135. The summed E-state index contributed by atoms with van der Waals surface area (Å²) in [6.07, 6.45) is 0. The van der Waals surface area contributed by atoms with Crippen LogP contribution in [0.4, 0.5) is 17.1 Å². The molecule has 0 aliphatic heterocycles. The minimum Gasteiger partial charge on any atom is -0.455 e. The smallest absolute Gasteiger partial charge is 0.235 e. The van der Waals surface area contributed by atoms with Gasteiger partial charge in [0.2, 0.25) is 5.95 Å². The number of rotatable bonds is 10. The molecule has 0 aliphatic carbocycles. The van der Waals surface area contributed by atoms with Gasteiger partial charge in [0.25, 0.3) is 0 Å². The maximum absolute atomic E-state index is 7.18. The van der Waals surface area contributed by atoms with Crippen molar-refractivity contribution in [1.29, 1.82) is 0 Å². The summed E-state index contributed by atoms with van der Waals surface area (Å²) in [4.78, 5) is 24.6. The molecule has 18 aromatic carbocycles. The van der Waals surface area contributed by atoms with Crippen molar-refractivity contribution in [3.8, 4) is 73.2 Å². The Balaban J connectivity index is 0.670. The second-order valence-corrected chi connectivity index (χ2v) is 28.7. The fraction of sp³-hybridized carbons (Fsp3) is 0. The normalized spacial score (nSPS) is 12.0. The van der Waals surface area contributed by atoms with E-state index in [9.17, 15) is 0 Å². The predicted octanol–water partition coefficient (Wildman–Crippen LogP) is 27.7. The molecule has 23 rings (SSSR count). The lowest BCUT2D eigenvalue weighted by Gasteiger charge is -2.26. The number of furan rings is 2. The fourth-order valence-corrected chi connectivity index (χ4v) is 17.4. The number of aromatic nitrogens is 5. The van der Waals surface area contributed by atoms with Crippen LogP contribution in [-0.2, 0) is 0 Å². The molecule has 0 N–H and O–H groups in total. The van der Waals surface area contributed by atoms with Crippen LogP contribution >= 0.6 is 0 Å². The lowest BCUT2D eigenvalue weighted by molar-refractivity contribution is 0.672. The molecule has 0 bridgehead atoms. The number of nitrogens with zero attached hydrogens (tertiary/aromatic N) is 6. The third-order valence-electron chi connectivity index (χ3n) is 22.5. The molecule has 510 valence electrons. The Hall–Kier alpha value is -14.9. The van der Waals surface area contributed by atoms with Crippen molar-refractivity contribution in [1.82, 2.24) is 24.5 Å².